The minimum absolute atomic E-state index is 0.433. The highest BCUT2D eigenvalue weighted by molar-refractivity contribution is 5.68. The van der Waals surface area contributed by atoms with Gasteiger partial charge in [0.05, 0.1) is 6.20 Å². The van der Waals surface area contributed by atoms with Crippen LogP contribution >= 0.6 is 0 Å². The lowest BCUT2D eigenvalue weighted by molar-refractivity contribution is -0.144. The minimum Gasteiger partial charge on any atom is -0.343 e. The van der Waals surface area contributed by atoms with Crippen LogP contribution in [0.3, 0.4) is 0 Å². The van der Waals surface area contributed by atoms with Crippen molar-refractivity contribution in [3.05, 3.63) is 18.6 Å². The van der Waals surface area contributed by atoms with E-state index in [0.29, 0.717) is 5.82 Å². The Morgan fingerprint density at radius 1 is 1.69 bits per heavy atom. The molecule has 1 aromatic rings. The van der Waals surface area contributed by atoms with Crippen LogP contribution in [0.5, 0.6) is 0 Å². The Balaban J connectivity index is 2.37. The molecule has 0 amide bonds. The quantitative estimate of drug-likeness (QED) is 0.408. The Hall–Kier alpha value is -1.98. The zero-order chi connectivity index (χ0) is 9.52. The number of carbonyl (C=O) groups is 1. The van der Waals surface area contributed by atoms with Gasteiger partial charge in [-0.3, -0.25) is 9.78 Å². The average molecular weight is 180 g/mol. The summed E-state index contributed by atoms with van der Waals surface area (Å²) in [5.41, 5.74) is 2.22. The van der Waals surface area contributed by atoms with Crippen LogP contribution in [0.2, 0.25) is 0 Å². The molecule has 1 rings (SSSR count). The maximum atomic E-state index is 10.3. The van der Waals surface area contributed by atoms with Crippen molar-refractivity contribution >= 4 is 18.1 Å². The van der Waals surface area contributed by atoms with Gasteiger partial charge in [-0.05, 0) is 0 Å². The molecule has 0 fully saturated rings. The summed E-state index contributed by atoms with van der Waals surface area (Å²) in [5.74, 6) is -0.00671. The standard InChI is InChI=1S/C7H8N4O2/c1-6(12)13-11-5-10-7-4-8-2-3-9-7/h2-5H,1H3,(H,9,10,11). The van der Waals surface area contributed by atoms with E-state index in [1.807, 2.05) is 0 Å². The van der Waals surface area contributed by atoms with E-state index in [4.69, 9.17) is 0 Å². The molecular weight excluding hydrogens is 172 g/mol. The van der Waals surface area contributed by atoms with Gasteiger partial charge in [0, 0.05) is 19.3 Å². The zero-order valence-electron chi connectivity index (χ0n) is 6.97. The maximum absolute atomic E-state index is 10.3. The fourth-order valence-electron chi connectivity index (χ4n) is 0.560. The van der Waals surface area contributed by atoms with Crippen LogP contribution in [0.1, 0.15) is 6.92 Å². The van der Waals surface area contributed by atoms with Crippen molar-refractivity contribution in [1.82, 2.24) is 15.4 Å². The number of hydrogen-bond donors (Lipinski definition) is 1. The van der Waals surface area contributed by atoms with Gasteiger partial charge in [0.25, 0.3) is 0 Å². The zero-order valence-corrected chi connectivity index (χ0v) is 6.97. The topological polar surface area (TPSA) is 76.5 Å². The van der Waals surface area contributed by atoms with Gasteiger partial charge in [0.15, 0.2) is 5.82 Å². The molecule has 1 aromatic heterocycles. The summed E-state index contributed by atoms with van der Waals surface area (Å²) >= 11 is 0. The van der Waals surface area contributed by atoms with Crippen molar-refractivity contribution in [1.29, 1.82) is 0 Å². The normalized spacial score (nSPS) is 9.92. The van der Waals surface area contributed by atoms with Crippen LogP contribution in [0.4, 0.5) is 5.82 Å². The Morgan fingerprint density at radius 2 is 2.54 bits per heavy atom. The summed E-state index contributed by atoms with van der Waals surface area (Å²) in [6, 6.07) is 0. The molecule has 0 saturated heterocycles. The second-order valence-electron chi connectivity index (χ2n) is 2.03. The van der Waals surface area contributed by atoms with Gasteiger partial charge in [-0.15, -0.1) is 0 Å². The van der Waals surface area contributed by atoms with Gasteiger partial charge in [-0.2, -0.15) is 0 Å². The molecule has 0 radical (unpaired) electrons. The maximum Gasteiger partial charge on any atom is 0.329 e. The van der Waals surface area contributed by atoms with E-state index in [1.54, 1.807) is 6.20 Å². The molecule has 6 heteroatoms. The number of hydroxylamine groups is 1. The number of nitrogens with one attached hydrogen (secondary N) is 1. The number of aliphatic imine (C=N–C) groups is 1. The van der Waals surface area contributed by atoms with Gasteiger partial charge in [-0.25, -0.2) is 15.5 Å². The Kier molecular flexibility index (Phi) is 3.37. The predicted octanol–water partition coefficient (Wildman–Crippen LogP) is 0.204. The van der Waals surface area contributed by atoms with Crippen molar-refractivity contribution in [3.8, 4) is 0 Å². The van der Waals surface area contributed by atoms with Crippen molar-refractivity contribution in [2.45, 2.75) is 6.92 Å². The van der Waals surface area contributed by atoms with Crippen molar-refractivity contribution in [2.75, 3.05) is 0 Å². The molecule has 0 spiro atoms. The Labute approximate surface area is 74.6 Å². The lowest BCUT2D eigenvalue weighted by Crippen LogP contribution is -2.15. The van der Waals surface area contributed by atoms with E-state index >= 15 is 0 Å². The number of hydrogen-bond acceptors (Lipinski definition) is 5. The summed E-state index contributed by atoms with van der Waals surface area (Å²) in [6.45, 7) is 1.28. The van der Waals surface area contributed by atoms with E-state index in [-0.39, 0.29) is 0 Å². The van der Waals surface area contributed by atoms with Crippen LogP contribution < -0.4 is 5.48 Å². The van der Waals surface area contributed by atoms with Gasteiger partial charge < -0.3 is 4.84 Å². The molecule has 68 valence electrons. The van der Waals surface area contributed by atoms with Gasteiger partial charge in [-0.1, -0.05) is 0 Å². The first-order chi connectivity index (χ1) is 6.29. The third-order valence-electron chi connectivity index (χ3n) is 1.00. The molecule has 0 aromatic carbocycles. The minimum atomic E-state index is -0.439. The van der Waals surface area contributed by atoms with Crippen LogP contribution in [-0.4, -0.2) is 22.3 Å². The van der Waals surface area contributed by atoms with E-state index in [9.17, 15) is 4.79 Å². The number of aromatic nitrogens is 2. The first-order valence-corrected chi connectivity index (χ1v) is 3.50. The molecule has 0 saturated carbocycles. The summed E-state index contributed by atoms with van der Waals surface area (Å²) in [7, 11) is 0. The van der Waals surface area contributed by atoms with Crippen LogP contribution in [0, 0.1) is 0 Å². The monoisotopic (exact) mass is 180 g/mol. The Bertz CT molecular complexity index is 299. The molecule has 0 unspecified atom stereocenters. The molecule has 6 nitrogen and oxygen atoms in total. The first kappa shape index (κ1) is 9.11. The van der Waals surface area contributed by atoms with Crippen molar-refractivity contribution in [2.24, 2.45) is 4.99 Å². The summed E-state index contributed by atoms with van der Waals surface area (Å²) in [5, 5.41) is 0. The van der Waals surface area contributed by atoms with Crippen molar-refractivity contribution < 1.29 is 9.63 Å². The average Bonchev–Trinajstić information content (AvgIpc) is 2.14. The number of rotatable bonds is 3. The van der Waals surface area contributed by atoms with Crippen LogP contribution in [0.15, 0.2) is 23.6 Å². The van der Waals surface area contributed by atoms with E-state index in [0.717, 1.165) is 0 Å². The highest BCUT2D eigenvalue weighted by Crippen LogP contribution is 1.99. The largest absolute Gasteiger partial charge is 0.343 e. The molecule has 0 atom stereocenters. The Morgan fingerprint density at radius 3 is 3.15 bits per heavy atom. The number of carbonyl (C=O) groups excluding carboxylic acids is 1. The fourth-order valence-corrected chi connectivity index (χ4v) is 0.560. The predicted molar refractivity (Wildman–Crippen MR) is 45.1 cm³/mol. The number of nitrogens with zero attached hydrogens (tertiary/aromatic N) is 3. The van der Waals surface area contributed by atoms with Gasteiger partial charge in [0.2, 0.25) is 0 Å². The molecule has 0 aliphatic rings. The van der Waals surface area contributed by atoms with Crippen LogP contribution in [0.25, 0.3) is 0 Å². The molecule has 13 heavy (non-hydrogen) atoms. The molecular formula is C7H8N4O2. The lowest BCUT2D eigenvalue weighted by Gasteiger charge is -1.95. The fraction of sp³-hybridized carbons (Fsp3) is 0.143. The molecule has 1 heterocycles. The van der Waals surface area contributed by atoms with E-state index in [2.05, 4.69) is 25.3 Å². The van der Waals surface area contributed by atoms with Crippen molar-refractivity contribution in [3.63, 3.8) is 0 Å². The van der Waals surface area contributed by atoms with E-state index in [1.165, 1.54) is 25.7 Å². The van der Waals surface area contributed by atoms with Gasteiger partial charge in [0.1, 0.15) is 6.34 Å². The SMILES string of the molecule is CC(=O)ONC=Nc1cnccn1. The highest BCUT2D eigenvalue weighted by Gasteiger charge is 1.88. The summed E-state index contributed by atoms with van der Waals surface area (Å²) in [4.78, 5) is 26.1. The first-order valence-electron chi connectivity index (χ1n) is 3.50. The smallest absolute Gasteiger partial charge is 0.329 e. The van der Waals surface area contributed by atoms with Gasteiger partial charge >= 0.3 is 5.97 Å². The molecule has 0 aliphatic heterocycles. The molecule has 0 aliphatic carbocycles. The summed E-state index contributed by atoms with van der Waals surface area (Å²) in [6.07, 6.45) is 5.74. The lowest BCUT2D eigenvalue weighted by atomic mass is 10.7. The second-order valence-corrected chi connectivity index (χ2v) is 2.03. The molecule has 1 N–H and O–H groups in total. The molecule has 0 bridgehead atoms. The van der Waals surface area contributed by atoms with E-state index < -0.39 is 5.97 Å². The third kappa shape index (κ3) is 3.80. The van der Waals surface area contributed by atoms with Crippen LogP contribution in [-0.2, 0) is 9.63 Å². The third-order valence-corrected chi connectivity index (χ3v) is 1.00. The summed E-state index contributed by atoms with van der Waals surface area (Å²) < 4.78 is 0. The second kappa shape index (κ2) is 4.81. The highest BCUT2D eigenvalue weighted by atomic mass is 16.7.